The van der Waals surface area contributed by atoms with Gasteiger partial charge in [-0.2, -0.15) is 4.31 Å². The Morgan fingerprint density at radius 3 is 2.67 bits per heavy atom. The first-order valence-corrected chi connectivity index (χ1v) is 7.84. The van der Waals surface area contributed by atoms with Crippen molar-refractivity contribution in [2.75, 3.05) is 26.7 Å². The molecule has 0 aliphatic carbocycles. The number of carboxylic acid groups (broad SMARTS) is 1. The Kier molecular flexibility index (Phi) is 4.29. The maximum atomic E-state index is 12.5. The van der Waals surface area contributed by atoms with E-state index >= 15 is 0 Å². The Hall–Kier alpha value is -1.93. The average molecular weight is 312 g/mol. The van der Waals surface area contributed by atoms with Gasteiger partial charge < -0.3 is 10.0 Å². The Labute approximate surface area is 122 Å². The van der Waals surface area contributed by atoms with Crippen LogP contribution < -0.4 is 0 Å². The van der Waals surface area contributed by atoms with Gasteiger partial charge in [-0.1, -0.05) is 6.07 Å². The molecule has 1 aromatic rings. The topological polar surface area (TPSA) is 95.0 Å². The zero-order valence-corrected chi connectivity index (χ0v) is 12.3. The minimum absolute atomic E-state index is 0.102. The van der Waals surface area contributed by atoms with Gasteiger partial charge in [0.2, 0.25) is 15.9 Å². The molecule has 8 heteroatoms. The first-order chi connectivity index (χ1) is 9.82. The second-order valence-corrected chi connectivity index (χ2v) is 6.78. The van der Waals surface area contributed by atoms with E-state index in [1.807, 2.05) is 0 Å². The van der Waals surface area contributed by atoms with Crippen molar-refractivity contribution in [2.24, 2.45) is 0 Å². The summed E-state index contributed by atoms with van der Waals surface area (Å²) in [6, 6.07) is 5.14. The SMILES string of the molecule is CN1CCCN(S(=O)(=O)c2cccc(C(=O)O)c2)CC1=O. The van der Waals surface area contributed by atoms with Crippen molar-refractivity contribution in [1.82, 2.24) is 9.21 Å². The maximum Gasteiger partial charge on any atom is 0.335 e. The van der Waals surface area contributed by atoms with E-state index in [-0.39, 0.29) is 29.5 Å². The molecule has 1 aromatic carbocycles. The second kappa shape index (κ2) is 5.82. The highest BCUT2D eigenvalue weighted by Crippen LogP contribution is 2.19. The number of hydrogen-bond donors (Lipinski definition) is 1. The number of carbonyl (C=O) groups is 2. The third-order valence-electron chi connectivity index (χ3n) is 3.36. The molecule has 1 aliphatic rings. The Morgan fingerprint density at radius 1 is 1.29 bits per heavy atom. The van der Waals surface area contributed by atoms with Gasteiger partial charge >= 0.3 is 5.97 Å². The normalized spacial score (nSPS) is 17.6. The molecule has 7 nitrogen and oxygen atoms in total. The lowest BCUT2D eigenvalue weighted by Crippen LogP contribution is -2.38. The molecule has 2 rings (SSSR count). The summed E-state index contributed by atoms with van der Waals surface area (Å²) >= 11 is 0. The van der Waals surface area contributed by atoms with Crippen molar-refractivity contribution in [1.29, 1.82) is 0 Å². The monoisotopic (exact) mass is 312 g/mol. The Morgan fingerprint density at radius 2 is 2.00 bits per heavy atom. The molecule has 0 saturated carbocycles. The van der Waals surface area contributed by atoms with E-state index in [0.29, 0.717) is 13.0 Å². The number of benzene rings is 1. The van der Waals surface area contributed by atoms with E-state index in [9.17, 15) is 18.0 Å². The molecule has 0 spiro atoms. The maximum absolute atomic E-state index is 12.5. The van der Waals surface area contributed by atoms with Crippen molar-refractivity contribution < 1.29 is 23.1 Å². The number of amides is 1. The lowest BCUT2D eigenvalue weighted by Gasteiger charge is -2.19. The van der Waals surface area contributed by atoms with Crippen molar-refractivity contribution >= 4 is 21.9 Å². The van der Waals surface area contributed by atoms with E-state index in [4.69, 9.17) is 5.11 Å². The predicted octanol–water partition coefficient (Wildman–Crippen LogP) is 0.238. The Balaban J connectivity index is 2.35. The molecule has 0 aromatic heterocycles. The van der Waals surface area contributed by atoms with Gasteiger partial charge in [-0.3, -0.25) is 4.79 Å². The Bertz CT molecular complexity index is 671. The second-order valence-electron chi connectivity index (χ2n) is 4.84. The zero-order chi connectivity index (χ0) is 15.6. The highest BCUT2D eigenvalue weighted by atomic mass is 32.2. The van der Waals surface area contributed by atoms with Crippen LogP contribution in [-0.2, 0) is 14.8 Å². The quantitative estimate of drug-likeness (QED) is 0.862. The summed E-state index contributed by atoms with van der Waals surface area (Å²) in [5, 5.41) is 8.94. The number of sulfonamides is 1. The van der Waals surface area contributed by atoms with Crippen LogP contribution in [0.3, 0.4) is 0 Å². The molecule has 1 fully saturated rings. The van der Waals surface area contributed by atoms with Crippen molar-refractivity contribution in [3.8, 4) is 0 Å². The molecular weight excluding hydrogens is 296 g/mol. The summed E-state index contributed by atoms with van der Waals surface area (Å²) < 4.78 is 26.2. The first-order valence-electron chi connectivity index (χ1n) is 6.40. The summed E-state index contributed by atoms with van der Waals surface area (Å²) in [4.78, 5) is 24.1. The lowest BCUT2D eigenvalue weighted by atomic mass is 10.2. The minimum Gasteiger partial charge on any atom is -0.478 e. The van der Waals surface area contributed by atoms with Crippen LogP contribution >= 0.6 is 0 Å². The van der Waals surface area contributed by atoms with Gasteiger partial charge in [0, 0.05) is 20.1 Å². The van der Waals surface area contributed by atoms with E-state index in [1.165, 1.54) is 23.1 Å². The smallest absolute Gasteiger partial charge is 0.335 e. The van der Waals surface area contributed by atoms with E-state index in [1.54, 1.807) is 7.05 Å². The average Bonchev–Trinajstić information content (AvgIpc) is 2.61. The van der Waals surface area contributed by atoms with Gasteiger partial charge in [0.1, 0.15) is 0 Å². The molecule has 21 heavy (non-hydrogen) atoms. The summed E-state index contributed by atoms with van der Waals surface area (Å²) in [6.45, 7) is 0.506. The summed E-state index contributed by atoms with van der Waals surface area (Å²) in [6.07, 6.45) is 0.542. The van der Waals surface area contributed by atoms with Gasteiger partial charge in [0.05, 0.1) is 17.0 Å². The summed E-state index contributed by atoms with van der Waals surface area (Å²) in [5.74, 6) is -1.47. The summed E-state index contributed by atoms with van der Waals surface area (Å²) in [7, 11) is -2.25. The van der Waals surface area contributed by atoms with Gasteiger partial charge in [-0.15, -0.1) is 0 Å². The third-order valence-corrected chi connectivity index (χ3v) is 5.20. The van der Waals surface area contributed by atoms with Crippen LogP contribution in [0, 0.1) is 0 Å². The molecule has 114 valence electrons. The largest absolute Gasteiger partial charge is 0.478 e. The van der Waals surface area contributed by atoms with Crippen molar-refractivity contribution in [2.45, 2.75) is 11.3 Å². The van der Waals surface area contributed by atoms with Gasteiger partial charge in [0.15, 0.2) is 0 Å². The fourth-order valence-corrected chi connectivity index (χ4v) is 3.58. The summed E-state index contributed by atoms with van der Waals surface area (Å²) in [5.41, 5.74) is -0.102. The number of nitrogens with zero attached hydrogens (tertiary/aromatic N) is 2. The van der Waals surface area contributed by atoms with Crippen molar-refractivity contribution in [3.05, 3.63) is 29.8 Å². The molecule has 1 amide bonds. The fourth-order valence-electron chi connectivity index (χ4n) is 2.10. The van der Waals surface area contributed by atoms with Gasteiger partial charge in [-0.25, -0.2) is 13.2 Å². The van der Waals surface area contributed by atoms with Crippen LogP contribution in [0.5, 0.6) is 0 Å². The number of hydrogen-bond acceptors (Lipinski definition) is 4. The molecule has 0 radical (unpaired) electrons. The van der Waals surface area contributed by atoms with Crippen LogP contribution in [-0.4, -0.2) is 61.3 Å². The lowest BCUT2D eigenvalue weighted by molar-refractivity contribution is -0.129. The highest BCUT2D eigenvalue weighted by molar-refractivity contribution is 7.89. The molecule has 0 unspecified atom stereocenters. The zero-order valence-electron chi connectivity index (χ0n) is 11.5. The molecule has 0 atom stereocenters. The molecule has 1 N–H and O–H groups in total. The highest BCUT2D eigenvalue weighted by Gasteiger charge is 2.30. The number of aromatic carboxylic acids is 1. The molecule has 0 bridgehead atoms. The van der Waals surface area contributed by atoms with Crippen LogP contribution in [0.4, 0.5) is 0 Å². The third kappa shape index (κ3) is 3.22. The van der Waals surface area contributed by atoms with Crippen LogP contribution in [0.25, 0.3) is 0 Å². The number of likely N-dealkylation sites (N-methyl/N-ethyl adjacent to an activating group) is 1. The van der Waals surface area contributed by atoms with E-state index in [0.717, 1.165) is 10.4 Å². The molecular formula is C13H16N2O5S. The molecule has 1 aliphatic heterocycles. The predicted molar refractivity (Wildman–Crippen MR) is 74.4 cm³/mol. The molecule has 1 saturated heterocycles. The van der Waals surface area contributed by atoms with Gasteiger partial charge in [0.25, 0.3) is 0 Å². The standard InChI is InChI=1S/C13H16N2O5S/c1-14-6-3-7-15(9-12(14)16)21(19,20)11-5-2-4-10(8-11)13(17)18/h2,4-5,8H,3,6-7,9H2,1H3,(H,17,18). The van der Waals surface area contributed by atoms with Crippen LogP contribution in [0.15, 0.2) is 29.2 Å². The van der Waals surface area contributed by atoms with Crippen LogP contribution in [0.2, 0.25) is 0 Å². The minimum atomic E-state index is -3.88. The van der Waals surface area contributed by atoms with Crippen LogP contribution in [0.1, 0.15) is 16.8 Å². The number of carbonyl (C=O) groups excluding carboxylic acids is 1. The first kappa shape index (κ1) is 15.5. The molecule has 1 heterocycles. The van der Waals surface area contributed by atoms with E-state index < -0.39 is 16.0 Å². The number of rotatable bonds is 3. The van der Waals surface area contributed by atoms with Crippen molar-refractivity contribution in [3.63, 3.8) is 0 Å². The van der Waals surface area contributed by atoms with E-state index in [2.05, 4.69) is 0 Å². The number of carboxylic acids is 1. The fraction of sp³-hybridized carbons (Fsp3) is 0.385. The van der Waals surface area contributed by atoms with Gasteiger partial charge in [-0.05, 0) is 24.6 Å².